The molecule has 2 atom stereocenters. The molecule has 8 nitrogen and oxygen atoms in total. The van der Waals surface area contributed by atoms with Gasteiger partial charge >= 0.3 is 0 Å². The van der Waals surface area contributed by atoms with Gasteiger partial charge in [0.25, 0.3) is 0 Å². The van der Waals surface area contributed by atoms with Gasteiger partial charge in [0.1, 0.15) is 18.3 Å². The first-order valence-electron chi connectivity index (χ1n) is 11.3. The molecule has 0 heterocycles. The fourth-order valence-corrected chi connectivity index (χ4v) is 4.60. The van der Waals surface area contributed by atoms with Crippen molar-refractivity contribution in [3.63, 3.8) is 0 Å². The van der Waals surface area contributed by atoms with Crippen LogP contribution in [0.4, 0.5) is 5.69 Å². The first kappa shape index (κ1) is 28.5. The van der Waals surface area contributed by atoms with Gasteiger partial charge in [0, 0.05) is 17.6 Å². The lowest BCUT2D eigenvalue weighted by molar-refractivity contribution is -0.139. The van der Waals surface area contributed by atoms with E-state index in [1.807, 2.05) is 13.8 Å². The van der Waals surface area contributed by atoms with Gasteiger partial charge in [0.05, 0.1) is 19.1 Å². The molecule has 0 bridgehead atoms. The highest BCUT2D eigenvalue weighted by molar-refractivity contribution is 7.92. The van der Waals surface area contributed by atoms with E-state index in [9.17, 15) is 18.0 Å². The van der Waals surface area contributed by atoms with Crippen LogP contribution in [0.2, 0.25) is 5.02 Å². The zero-order valence-corrected chi connectivity index (χ0v) is 22.6. The molecule has 0 aromatic heterocycles. The van der Waals surface area contributed by atoms with Gasteiger partial charge in [-0.15, -0.1) is 0 Å². The number of methoxy groups -OCH3 is 1. The lowest BCUT2D eigenvalue weighted by atomic mass is 10.1. The number of hydrogen-bond acceptors (Lipinski definition) is 5. The Morgan fingerprint density at radius 3 is 2.26 bits per heavy atom. The maximum Gasteiger partial charge on any atom is 0.244 e. The molecular formula is C25H34ClN3O5S. The molecule has 0 unspecified atom stereocenters. The third-order valence-corrected chi connectivity index (χ3v) is 7.15. The van der Waals surface area contributed by atoms with Gasteiger partial charge in [-0.1, -0.05) is 30.7 Å². The van der Waals surface area contributed by atoms with E-state index >= 15 is 0 Å². The summed E-state index contributed by atoms with van der Waals surface area (Å²) >= 11 is 6.04. The van der Waals surface area contributed by atoms with Crippen LogP contribution < -0.4 is 14.4 Å². The number of hydrogen-bond donors (Lipinski definition) is 1. The van der Waals surface area contributed by atoms with Gasteiger partial charge < -0.3 is 15.0 Å². The first-order chi connectivity index (χ1) is 16.4. The lowest BCUT2D eigenvalue weighted by Crippen LogP contribution is -2.52. The fourth-order valence-electron chi connectivity index (χ4n) is 3.47. The molecule has 10 heteroatoms. The quantitative estimate of drug-likeness (QED) is 0.484. The molecule has 192 valence electrons. The van der Waals surface area contributed by atoms with Crippen molar-refractivity contribution >= 4 is 39.1 Å². The molecule has 0 spiro atoms. The molecular weight excluding hydrogens is 490 g/mol. The van der Waals surface area contributed by atoms with Crippen LogP contribution in [0.5, 0.6) is 5.75 Å². The fraction of sp³-hybridized carbons (Fsp3) is 0.440. The van der Waals surface area contributed by atoms with Crippen LogP contribution in [0.3, 0.4) is 0 Å². The van der Waals surface area contributed by atoms with Crippen molar-refractivity contribution in [2.75, 3.05) is 24.2 Å². The number of benzene rings is 2. The number of ether oxygens (including phenoxy) is 1. The maximum absolute atomic E-state index is 13.6. The number of carbonyl (C=O) groups is 2. The number of halogens is 1. The van der Waals surface area contributed by atoms with Crippen LogP contribution in [0, 0.1) is 6.92 Å². The number of anilines is 1. The van der Waals surface area contributed by atoms with Crippen molar-refractivity contribution in [3.05, 3.63) is 58.6 Å². The van der Waals surface area contributed by atoms with Gasteiger partial charge in [-0.3, -0.25) is 13.9 Å². The minimum absolute atomic E-state index is 0.0628. The largest absolute Gasteiger partial charge is 0.497 e. The zero-order valence-electron chi connectivity index (χ0n) is 21.0. The maximum atomic E-state index is 13.6. The highest BCUT2D eigenvalue weighted by atomic mass is 35.5. The summed E-state index contributed by atoms with van der Waals surface area (Å²) in [7, 11) is -2.25. The van der Waals surface area contributed by atoms with Gasteiger partial charge in [0.2, 0.25) is 21.8 Å². The van der Waals surface area contributed by atoms with E-state index in [4.69, 9.17) is 16.3 Å². The third-order valence-electron chi connectivity index (χ3n) is 5.79. The Bertz CT molecular complexity index is 1140. The average molecular weight is 524 g/mol. The number of carbonyl (C=O) groups excluding carboxylic acids is 2. The number of aryl methyl sites for hydroxylation is 1. The van der Waals surface area contributed by atoms with Crippen molar-refractivity contribution in [2.45, 2.75) is 52.7 Å². The van der Waals surface area contributed by atoms with Gasteiger partial charge in [-0.2, -0.15) is 0 Å². The molecule has 35 heavy (non-hydrogen) atoms. The van der Waals surface area contributed by atoms with E-state index in [0.717, 1.165) is 22.5 Å². The lowest BCUT2D eigenvalue weighted by Gasteiger charge is -2.32. The standard InChI is InChI=1S/C25H34ClN3O5S/c1-7-18(3)27-25(31)19(4)28(15-20-8-11-22(34-5)12-9-20)24(30)16-29(35(6,32)33)23-13-10-21(26)14-17(23)2/h8-14,18-19H,7,15-16H2,1-6H3,(H,27,31)/t18-,19+/m1/s1. The summed E-state index contributed by atoms with van der Waals surface area (Å²) in [6, 6.07) is 11.0. The molecule has 0 saturated heterocycles. The normalized spacial score (nSPS) is 13.0. The summed E-state index contributed by atoms with van der Waals surface area (Å²) in [6.45, 7) is 6.86. The van der Waals surface area contributed by atoms with Gasteiger partial charge in [-0.05, 0) is 68.7 Å². The number of nitrogens with zero attached hydrogens (tertiary/aromatic N) is 2. The summed E-state index contributed by atoms with van der Waals surface area (Å²) in [4.78, 5) is 27.9. The molecule has 0 saturated carbocycles. The Kier molecular flexibility index (Phi) is 9.97. The molecule has 0 radical (unpaired) electrons. The molecule has 0 aliphatic carbocycles. The van der Waals surface area contributed by atoms with E-state index in [0.29, 0.717) is 22.0 Å². The van der Waals surface area contributed by atoms with Crippen LogP contribution in [0.1, 0.15) is 38.3 Å². The zero-order chi connectivity index (χ0) is 26.3. The Balaban J connectivity index is 2.41. The van der Waals surface area contributed by atoms with Crippen molar-refractivity contribution in [1.29, 1.82) is 0 Å². The molecule has 2 aromatic carbocycles. The Hall–Kier alpha value is -2.78. The summed E-state index contributed by atoms with van der Waals surface area (Å²) in [6.07, 6.45) is 1.78. The third kappa shape index (κ3) is 7.86. The molecule has 2 rings (SSSR count). The highest BCUT2D eigenvalue weighted by Gasteiger charge is 2.31. The van der Waals surface area contributed by atoms with E-state index in [2.05, 4.69) is 5.32 Å². The number of amides is 2. The minimum Gasteiger partial charge on any atom is -0.497 e. The van der Waals surface area contributed by atoms with E-state index in [-0.39, 0.29) is 18.5 Å². The number of sulfonamides is 1. The summed E-state index contributed by atoms with van der Waals surface area (Å²) < 4.78 is 31.6. The Morgan fingerprint density at radius 2 is 1.74 bits per heavy atom. The van der Waals surface area contributed by atoms with Gasteiger partial charge in [0.15, 0.2) is 0 Å². The topological polar surface area (TPSA) is 96.0 Å². The second-order valence-corrected chi connectivity index (χ2v) is 10.9. The number of rotatable bonds is 11. The second kappa shape index (κ2) is 12.3. The average Bonchev–Trinajstić information content (AvgIpc) is 2.80. The molecule has 0 aliphatic heterocycles. The van der Waals surface area contributed by atoms with E-state index < -0.39 is 28.5 Å². The predicted octanol–water partition coefficient (Wildman–Crippen LogP) is 3.76. The summed E-state index contributed by atoms with van der Waals surface area (Å²) in [5, 5.41) is 3.36. The van der Waals surface area contributed by atoms with Crippen LogP contribution in [0.15, 0.2) is 42.5 Å². The Labute approximate surface area is 213 Å². The number of nitrogens with one attached hydrogen (secondary N) is 1. The van der Waals surface area contributed by atoms with Crippen molar-refractivity contribution in [1.82, 2.24) is 10.2 Å². The van der Waals surface area contributed by atoms with Crippen LogP contribution in [-0.4, -0.2) is 57.1 Å². The SMILES string of the molecule is CC[C@@H](C)NC(=O)[C@H](C)N(Cc1ccc(OC)cc1)C(=O)CN(c1ccc(Cl)cc1C)S(C)(=O)=O. The molecule has 2 aromatic rings. The molecule has 0 aliphatic rings. The van der Waals surface area contributed by atoms with Crippen molar-refractivity contribution in [2.24, 2.45) is 0 Å². The van der Waals surface area contributed by atoms with Crippen LogP contribution in [-0.2, 0) is 26.2 Å². The molecule has 1 N–H and O–H groups in total. The van der Waals surface area contributed by atoms with Crippen LogP contribution >= 0.6 is 11.6 Å². The first-order valence-corrected chi connectivity index (χ1v) is 13.6. The van der Waals surface area contributed by atoms with Crippen LogP contribution in [0.25, 0.3) is 0 Å². The second-order valence-electron chi connectivity index (χ2n) is 8.56. The minimum atomic E-state index is -3.81. The molecule has 2 amide bonds. The monoisotopic (exact) mass is 523 g/mol. The predicted molar refractivity (Wildman–Crippen MR) is 139 cm³/mol. The van der Waals surface area contributed by atoms with E-state index in [1.165, 1.54) is 4.90 Å². The molecule has 0 fully saturated rings. The summed E-state index contributed by atoms with van der Waals surface area (Å²) in [5.41, 5.74) is 1.74. The van der Waals surface area contributed by atoms with Crippen molar-refractivity contribution < 1.29 is 22.7 Å². The summed E-state index contributed by atoms with van der Waals surface area (Å²) in [5.74, 6) is -0.155. The van der Waals surface area contributed by atoms with Gasteiger partial charge in [-0.25, -0.2) is 8.42 Å². The smallest absolute Gasteiger partial charge is 0.244 e. The van der Waals surface area contributed by atoms with E-state index in [1.54, 1.807) is 63.4 Å². The van der Waals surface area contributed by atoms with Crippen molar-refractivity contribution in [3.8, 4) is 5.75 Å². The highest BCUT2D eigenvalue weighted by Crippen LogP contribution is 2.26. The Morgan fingerprint density at radius 1 is 1.11 bits per heavy atom.